The predicted octanol–water partition coefficient (Wildman–Crippen LogP) is 3.06. The van der Waals surface area contributed by atoms with E-state index in [0.29, 0.717) is 23.0 Å². The van der Waals surface area contributed by atoms with Crippen molar-refractivity contribution in [3.8, 4) is 5.75 Å². The van der Waals surface area contributed by atoms with Crippen molar-refractivity contribution in [1.82, 2.24) is 5.32 Å². The minimum Gasteiger partial charge on any atom is -0.482 e. The molecule has 1 aliphatic heterocycles. The summed E-state index contributed by atoms with van der Waals surface area (Å²) in [7, 11) is 0. The Kier molecular flexibility index (Phi) is 5.04. The lowest BCUT2D eigenvalue weighted by Gasteiger charge is -2.22. The molecule has 0 aromatic heterocycles. The first-order chi connectivity index (χ1) is 11.5. The molecule has 6 heteroatoms. The van der Waals surface area contributed by atoms with E-state index < -0.39 is 6.10 Å². The molecule has 0 spiro atoms. The maximum absolute atomic E-state index is 11.4. The molecule has 0 bridgehead atoms. The third-order valence-electron chi connectivity index (χ3n) is 4.01. The average Bonchev–Trinajstić information content (AvgIpc) is 2.59. The molecular weight excluding hydrogens is 328 g/mol. The third kappa shape index (κ3) is 3.87. The van der Waals surface area contributed by atoms with Gasteiger partial charge in [-0.2, -0.15) is 0 Å². The molecule has 3 N–H and O–H groups in total. The van der Waals surface area contributed by atoms with Gasteiger partial charge >= 0.3 is 0 Å². The Morgan fingerprint density at radius 3 is 2.71 bits per heavy atom. The fourth-order valence-electron chi connectivity index (χ4n) is 2.58. The van der Waals surface area contributed by atoms with Gasteiger partial charge in [-0.25, -0.2) is 0 Å². The van der Waals surface area contributed by atoms with Crippen LogP contribution in [-0.4, -0.2) is 24.2 Å². The highest BCUT2D eigenvalue weighted by atomic mass is 35.5. The number of carbonyl (C=O) groups is 1. The number of hydrogen-bond donors (Lipinski definition) is 3. The summed E-state index contributed by atoms with van der Waals surface area (Å²) in [5, 5.41) is 17.0. The maximum Gasteiger partial charge on any atom is 0.262 e. The van der Waals surface area contributed by atoms with Crippen LogP contribution in [0.3, 0.4) is 0 Å². The second-order valence-electron chi connectivity index (χ2n) is 5.79. The summed E-state index contributed by atoms with van der Waals surface area (Å²) < 4.78 is 5.35. The van der Waals surface area contributed by atoms with Gasteiger partial charge in [-0.3, -0.25) is 4.79 Å². The quantitative estimate of drug-likeness (QED) is 0.778. The number of ether oxygens (including phenoxy) is 1. The Balaban J connectivity index is 1.62. The van der Waals surface area contributed by atoms with Gasteiger partial charge in [-0.05, 0) is 42.3 Å². The highest BCUT2D eigenvalue weighted by Gasteiger charge is 2.18. The molecule has 1 heterocycles. The molecule has 5 nitrogen and oxygen atoms in total. The van der Waals surface area contributed by atoms with Crippen molar-refractivity contribution in [2.75, 3.05) is 18.5 Å². The number of hydrogen-bond acceptors (Lipinski definition) is 4. The van der Waals surface area contributed by atoms with E-state index in [0.717, 1.165) is 11.1 Å². The first kappa shape index (κ1) is 16.8. The predicted molar refractivity (Wildman–Crippen MR) is 93.4 cm³/mol. The van der Waals surface area contributed by atoms with Crippen molar-refractivity contribution in [3.05, 3.63) is 58.6 Å². The van der Waals surface area contributed by atoms with Crippen LogP contribution in [0.25, 0.3) is 0 Å². The van der Waals surface area contributed by atoms with E-state index in [1.54, 1.807) is 12.1 Å². The Labute approximate surface area is 145 Å². The van der Waals surface area contributed by atoms with E-state index in [-0.39, 0.29) is 18.6 Å². The zero-order valence-corrected chi connectivity index (χ0v) is 14.0. The number of aliphatic hydroxyl groups excluding tert-OH is 1. The van der Waals surface area contributed by atoms with Gasteiger partial charge in [0.1, 0.15) is 5.75 Å². The molecule has 3 rings (SSSR count). The van der Waals surface area contributed by atoms with Crippen LogP contribution >= 0.6 is 11.6 Å². The molecule has 0 fully saturated rings. The summed E-state index contributed by atoms with van der Waals surface area (Å²) in [4.78, 5) is 11.4. The van der Waals surface area contributed by atoms with E-state index in [4.69, 9.17) is 16.3 Å². The lowest BCUT2D eigenvalue weighted by Crippen LogP contribution is -2.27. The zero-order chi connectivity index (χ0) is 17.1. The topological polar surface area (TPSA) is 70.6 Å². The summed E-state index contributed by atoms with van der Waals surface area (Å²) in [5.41, 5.74) is 2.49. The molecule has 1 aliphatic rings. The number of benzene rings is 2. The van der Waals surface area contributed by atoms with Crippen molar-refractivity contribution in [3.63, 3.8) is 0 Å². The third-order valence-corrected chi connectivity index (χ3v) is 4.26. The van der Waals surface area contributed by atoms with Crippen molar-refractivity contribution >= 4 is 23.2 Å². The number of anilines is 1. The fourth-order valence-corrected chi connectivity index (χ4v) is 2.71. The molecule has 0 radical (unpaired) electrons. The molecule has 24 heavy (non-hydrogen) atoms. The molecule has 2 aromatic carbocycles. The molecule has 1 amide bonds. The second kappa shape index (κ2) is 7.21. The Bertz CT molecular complexity index is 734. The molecule has 126 valence electrons. The van der Waals surface area contributed by atoms with Crippen LogP contribution in [0.15, 0.2) is 42.5 Å². The second-order valence-corrected chi connectivity index (χ2v) is 6.23. The molecule has 0 aliphatic carbocycles. The van der Waals surface area contributed by atoms with Gasteiger partial charge in [0.2, 0.25) is 0 Å². The van der Waals surface area contributed by atoms with Crippen LogP contribution in [0.4, 0.5) is 5.69 Å². The lowest BCUT2D eigenvalue weighted by atomic mass is 10.1. The highest BCUT2D eigenvalue weighted by molar-refractivity contribution is 6.30. The van der Waals surface area contributed by atoms with Gasteiger partial charge in [0, 0.05) is 17.6 Å². The van der Waals surface area contributed by atoms with Gasteiger partial charge in [0.15, 0.2) is 6.61 Å². The van der Waals surface area contributed by atoms with E-state index >= 15 is 0 Å². The van der Waals surface area contributed by atoms with E-state index in [2.05, 4.69) is 10.6 Å². The molecule has 2 atom stereocenters. The van der Waals surface area contributed by atoms with Crippen LogP contribution in [0.1, 0.15) is 30.2 Å². The molecule has 0 saturated heterocycles. The van der Waals surface area contributed by atoms with Crippen molar-refractivity contribution < 1.29 is 14.6 Å². The normalized spacial score (nSPS) is 15.9. The monoisotopic (exact) mass is 346 g/mol. The first-order valence-corrected chi connectivity index (χ1v) is 8.14. The summed E-state index contributed by atoms with van der Waals surface area (Å²) in [6, 6.07) is 12.8. The number of fused-ring (bicyclic) bond motifs is 1. The van der Waals surface area contributed by atoms with Crippen LogP contribution < -0.4 is 15.4 Å². The number of halogens is 1. The van der Waals surface area contributed by atoms with Crippen molar-refractivity contribution in [2.45, 2.75) is 19.1 Å². The number of nitrogens with one attached hydrogen (secondary N) is 2. The molecule has 2 unspecified atom stereocenters. The summed E-state index contributed by atoms with van der Waals surface area (Å²) in [5.74, 6) is 0.519. The Morgan fingerprint density at radius 1 is 1.25 bits per heavy atom. The van der Waals surface area contributed by atoms with Crippen molar-refractivity contribution in [2.24, 2.45) is 0 Å². The van der Waals surface area contributed by atoms with Crippen LogP contribution in [0, 0.1) is 0 Å². The smallest absolute Gasteiger partial charge is 0.262 e. The minimum absolute atomic E-state index is 0.0103. The Morgan fingerprint density at radius 2 is 1.96 bits per heavy atom. The minimum atomic E-state index is -0.620. The zero-order valence-electron chi connectivity index (χ0n) is 13.3. The number of aliphatic hydroxyl groups is 1. The van der Waals surface area contributed by atoms with Gasteiger partial charge in [-0.1, -0.05) is 29.8 Å². The van der Waals surface area contributed by atoms with Gasteiger partial charge < -0.3 is 20.5 Å². The van der Waals surface area contributed by atoms with Crippen LogP contribution in [-0.2, 0) is 4.79 Å². The number of rotatable bonds is 5. The summed E-state index contributed by atoms with van der Waals surface area (Å²) in [6.45, 7) is 2.46. The molecule has 0 saturated carbocycles. The average molecular weight is 347 g/mol. The fraction of sp³-hybridized carbons (Fsp3) is 0.278. The largest absolute Gasteiger partial charge is 0.482 e. The highest BCUT2D eigenvalue weighted by Crippen LogP contribution is 2.30. The van der Waals surface area contributed by atoms with E-state index in [9.17, 15) is 9.90 Å². The van der Waals surface area contributed by atoms with Gasteiger partial charge in [-0.15, -0.1) is 0 Å². The Hall–Kier alpha value is -2.08. The van der Waals surface area contributed by atoms with Crippen molar-refractivity contribution in [1.29, 1.82) is 0 Å². The van der Waals surface area contributed by atoms with E-state index in [1.807, 2.05) is 37.3 Å². The van der Waals surface area contributed by atoms with E-state index in [1.165, 1.54) is 0 Å². The standard InChI is InChI=1S/C18H19ClN2O3/c1-11(20-9-16(22)12-2-5-14(19)6-3-12)13-4-7-17-15(8-13)21-18(23)10-24-17/h2-8,11,16,20,22H,9-10H2,1H3,(H,21,23). The van der Waals surface area contributed by atoms with Gasteiger partial charge in [0.25, 0.3) is 5.91 Å². The van der Waals surface area contributed by atoms with Crippen LogP contribution in [0.5, 0.6) is 5.75 Å². The van der Waals surface area contributed by atoms with Crippen LogP contribution in [0.2, 0.25) is 5.02 Å². The van der Waals surface area contributed by atoms with Gasteiger partial charge in [0.05, 0.1) is 11.8 Å². The summed E-state index contributed by atoms with van der Waals surface area (Å²) in [6.07, 6.45) is -0.620. The molecule has 2 aromatic rings. The number of amides is 1. The number of carbonyl (C=O) groups excluding carboxylic acids is 1. The first-order valence-electron chi connectivity index (χ1n) is 7.76. The molecular formula is C18H19ClN2O3. The summed E-state index contributed by atoms with van der Waals surface area (Å²) >= 11 is 5.85. The maximum atomic E-state index is 11.4. The lowest BCUT2D eigenvalue weighted by molar-refractivity contribution is -0.118. The SMILES string of the molecule is CC(NCC(O)c1ccc(Cl)cc1)c1ccc2c(c1)NC(=O)CO2.